The average Bonchev–Trinajstić information content (AvgIpc) is 2.97. The lowest BCUT2D eigenvalue weighted by Gasteiger charge is -2.31. The van der Waals surface area contributed by atoms with Crippen molar-refractivity contribution in [1.29, 1.82) is 0 Å². The Morgan fingerprint density at radius 2 is 1.85 bits per heavy atom. The molecule has 0 unspecified atom stereocenters. The molecule has 2 aromatic rings. The van der Waals surface area contributed by atoms with Crippen LogP contribution in [-0.2, 0) is 4.74 Å². The van der Waals surface area contributed by atoms with Crippen molar-refractivity contribution in [3.63, 3.8) is 0 Å². The molecule has 6 heteroatoms. The van der Waals surface area contributed by atoms with E-state index >= 15 is 0 Å². The first-order valence-corrected chi connectivity index (χ1v) is 9.33. The maximum Gasteiger partial charge on any atom is 0.268 e. The minimum atomic E-state index is -0.190. The van der Waals surface area contributed by atoms with E-state index in [1.165, 1.54) is 6.92 Å². The first-order chi connectivity index (χ1) is 13.0. The molecular weight excluding hydrogens is 342 g/mol. The van der Waals surface area contributed by atoms with Crippen molar-refractivity contribution >= 4 is 11.7 Å². The summed E-state index contributed by atoms with van der Waals surface area (Å²) in [7, 11) is 0. The highest BCUT2D eigenvalue weighted by atomic mass is 16.5. The number of morpholine rings is 1. The molecule has 1 aromatic carbocycles. The van der Waals surface area contributed by atoms with E-state index in [0.717, 1.165) is 30.9 Å². The van der Waals surface area contributed by atoms with E-state index in [1.54, 1.807) is 0 Å². The second-order valence-corrected chi connectivity index (χ2v) is 7.03. The van der Waals surface area contributed by atoms with Gasteiger partial charge in [0, 0.05) is 30.9 Å². The van der Waals surface area contributed by atoms with E-state index in [4.69, 9.17) is 4.74 Å². The van der Waals surface area contributed by atoms with E-state index in [-0.39, 0.29) is 17.7 Å². The number of carbonyl (C=O) groups is 2. The van der Waals surface area contributed by atoms with Crippen LogP contribution < -0.4 is 5.32 Å². The third kappa shape index (κ3) is 4.46. The normalized spacial score (nSPS) is 16.1. The Kier molecular flexibility index (Phi) is 6.08. The highest BCUT2D eigenvalue weighted by molar-refractivity contribution is 6.02. The second-order valence-electron chi connectivity index (χ2n) is 7.03. The van der Waals surface area contributed by atoms with E-state index in [2.05, 4.69) is 15.2 Å². The van der Waals surface area contributed by atoms with E-state index < -0.39 is 0 Å². The number of rotatable bonds is 6. The fourth-order valence-electron chi connectivity index (χ4n) is 3.70. The zero-order chi connectivity index (χ0) is 19.4. The van der Waals surface area contributed by atoms with Crippen molar-refractivity contribution in [2.45, 2.75) is 26.8 Å². The zero-order valence-corrected chi connectivity index (χ0v) is 16.2. The summed E-state index contributed by atoms with van der Waals surface area (Å²) in [6.07, 6.45) is 0. The number of hydrogen-bond acceptors (Lipinski definition) is 4. The van der Waals surface area contributed by atoms with Crippen LogP contribution in [0.2, 0.25) is 0 Å². The summed E-state index contributed by atoms with van der Waals surface area (Å²) < 4.78 is 5.43. The Morgan fingerprint density at radius 1 is 1.19 bits per heavy atom. The maximum absolute atomic E-state index is 13.0. The Bertz CT molecular complexity index is 808. The molecular formula is C21H27N3O3. The molecule has 0 saturated carbocycles. The molecule has 3 rings (SSSR count). The first kappa shape index (κ1) is 19.3. The van der Waals surface area contributed by atoms with Crippen LogP contribution in [0, 0.1) is 13.8 Å². The van der Waals surface area contributed by atoms with Gasteiger partial charge in [-0.05, 0) is 31.9 Å². The molecule has 1 aromatic heterocycles. The molecule has 2 heterocycles. The highest BCUT2D eigenvalue weighted by Gasteiger charge is 2.24. The maximum atomic E-state index is 13.0. The minimum absolute atomic E-state index is 0.0340. The molecule has 0 aliphatic carbocycles. The van der Waals surface area contributed by atoms with Crippen molar-refractivity contribution < 1.29 is 14.3 Å². The van der Waals surface area contributed by atoms with Crippen LogP contribution in [0.1, 0.15) is 50.6 Å². The van der Waals surface area contributed by atoms with Gasteiger partial charge in [0.1, 0.15) is 5.69 Å². The number of amides is 1. The number of carbonyl (C=O) groups excluding carboxylic acids is 2. The number of hydrogen-bond donors (Lipinski definition) is 2. The molecule has 6 nitrogen and oxygen atoms in total. The van der Waals surface area contributed by atoms with Gasteiger partial charge in [-0.3, -0.25) is 14.5 Å². The number of Topliss-reactive ketones (excluding diaryl/α,β-unsaturated/α-hetero) is 1. The number of aromatic amines is 1. The van der Waals surface area contributed by atoms with Gasteiger partial charge in [0.25, 0.3) is 5.91 Å². The largest absolute Gasteiger partial charge is 0.379 e. The summed E-state index contributed by atoms with van der Waals surface area (Å²) in [5.74, 6) is -0.224. The summed E-state index contributed by atoms with van der Waals surface area (Å²) in [5.41, 5.74) is 3.56. The average molecular weight is 369 g/mol. The smallest absolute Gasteiger partial charge is 0.268 e. The monoisotopic (exact) mass is 369 g/mol. The van der Waals surface area contributed by atoms with Crippen LogP contribution in [0.5, 0.6) is 0 Å². The lowest BCUT2D eigenvalue weighted by atomic mass is 10.0. The third-order valence-corrected chi connectivity index (χ3v) is 5.07. The van der Waals surface area contributed by atoms with Crippen LogP contribution in [0.3, 0.4) is 0 Å². The fraction of sp³-hybridized carbons (Fsp3) is 0.429. The van der Waals surface area contributed by atoms with E-state index in [0.29, 0.717) is 30.0 Å². The molecule has 1 aliphatic heterocycles. The van der Waals surface area contributed by atoms with Crippen LogP contribution >= 0.6 is 0 Å². The summed E-state index contributed by atoms with van der Waals surface area (Å²) >= 11 is 0. The molecule has 27 heavy (non-hydrogen) atoms. The van der Waals surface area contributed by atoms with Crippen LogP contribution in [0.15, 0.2) is 30.3 Å². The molecule has 0 bridgehead atoms. The van der Waals surface area contributed by atoms with Gasteiger partial charge in [0.15, 0.2) is 5.78 Å². The molecule has 0 spiro atoms. The Labute approximate surface area is 159 Å². The van der Waals surface area contributed by atoms with Crippen LogP contribution in [0.25, 0.3) is 0 Å². The number of benzene rings is 1. The quantitative estimate of drug-likeness (QED) is 0.768. The van der Waals surface area contributed by atoms with Gasteiger partial charge in [-0.1, -0.05) is 30.3 Å². The predicted molar refractivity (Wildman–Crippen MR) is 104 cm³/mol. The van der Waals surface area contributed by atoms with Crippen LogP contribution in [0.4, 0.5) is 0 Å². The first-order valence-electron chi connectivity index (χ1n) is 9.33. The molecule has 1 amide bonds. The zero-order valence-electron chi connectivity index (χ0n) is 16.2. The Balaban J connectivity index is 1.82. The SMILES string of the molecule is CC(=O)c1c(C)[nH]c(C(=O)N[C@H](CN2CCOCC2)c2ccccc2)c1C. The molecule has 144 valence electrons. The summed E-state index contributed by atoms with van der Waals surface area (Å²) in [6.45, 7) is 9.02. The number of ether oxygens (including phenoxy) is 1. The van der Waals surface area contributed by atoms with E-state index in [9.17, 15) is 9.59 Å². The highest BCUT2D eigenvalue weighted by Crippen LogP contribution is 2.21. The van der Waals surface area contributed by atoms with Gasteiger partial charge >= 0.3 is 0 Å². The van der Waals surface area contributed by atoms with Gasteiger partial charge in [-0.2, -0.15) is 0 Å². The topological polar surface area (TPSA) is 74.4 Å². The Morgan fingerprint density at radius 3 is 2.44 bits per heavy atom. The molecule has 2 N–H and O–H groups in total. The molecule has 1 aliphatic rings. The minimum Gasteiger partial charge on any atom is -0.379 e. The Hall–Kier alpha value is -2.44. The lowest BCUT2D eigenvalue weighted by Crippen LogP contribution is -2.43. The second kappa shape index (κ2) is 8.50. The number of nitrogens with zero attached hydrogens (tertiary/aromatic N) is 1. The van der Waals surface area contributed by atoms with Gasteiger partial charge < -0.3 is 15.0 Å². The van der Waals surface area contributed by atoms with Gasteiger partial charge in [-0.15, -0.1) is 0 Å². The van der Waals surface area contributed by atoms with Crippen molar-refractivity contribution in [2.24, 2.45) is 0 Å². The number of aromatic nitrogens is 1. The number of aryl methyl sites for hydroxylation is 1. The number of H-pyrrole nitrogens is 1. The fourth-order valence-corrected chi connectivity index (χ4v) is 3.70. The van der Waals surface area contributed by atoms with Crippen molar-refractivity contribution in [3.05, 3.63) is 58.4 Å². The number of nitrogens with one attached hydrogen (secondary N) is 2. The predicted octanol–water partition coefficient (Wildman–Crippen LogP) is 2.64. The summed E-state index contributed by atoms with van der Waals surface area (Å²) in [5, 5.41) is 3.15. The standard InChI is InChI=1S/C21H27N3O3/c1-14-19(16(3)25)15(2)22-20(14)21(26)23-18(17-7-5-4-6-8-17)13-24-9-11-27-12-10-24/h4-8,18,22H,9-13H2,1-3H3,(H,23,26)/t18-/m1/s1. The van der Waals surface area contributed by atoms with Crippen molar-refractivity contribution in [1.82, 2.24) is 15.2 Å². The lowest BCUT2D eigenvalue weighted by molar-refractivity contribution is 0.0332. The third-order valence-electron chi connectivity index (χ3n) is 5.07. The summed E-state index contributed by atoms with van der Waals surface area (Å²) in [6, 6.07) is 9.84. The van der Waals surface area contributed by atoms with Crippen molar-refractivity contribution in [2.75, 3.05) is 32.8 Å². The number of ketones is 1. The van der Waals surface area contributed by atoms with Crippen LogP contribution in [-0.4, -0.2) is 54.4 Å². The van der Waals surface area contributed by atoms with Gasteiger partial charge in [-0.25, -0.2) is 0 Å². The molecule has 0 radical (unpaired) electrons. The molecule has 1 fully saturated rings. The summed E-state index contributed by atoms with van der Waals surface area (Å²) in [4.78, 5) is 30.2. The molecule has 1 saturated heterocycles. The van der Waals surface area contributed by atoms with Gasteiger partial charge in [0.2, 0.25) is 0 Å². The molecule has 1 atom stereocenters. The van der Waals surface area contributed by atoms with E-state index in [1.807, 2.05) is 44.2 Å². The van der Waals surface area contributed by atoms with Gasteiger partial charge in [0.05, 0.1) is 19.3 Å². The van der Waals surface area contributed by atoms with Crippen molar-refractivity contribution in [3.8, 4) is 0 Å².